The van der Waals surface area contributed by atoms with Gasteiger partial charge in [-0.15, -0.1) is 0 Å². The lowest BCUT2D eigenvalue weighted by atomic mass is 10.2. The number of carbonyl (C=O) groups excluding carboxylic acids is 1. The summed E-state index contributed by atoms with van der Waals surface area (Å²) < 4.78 is 7.21. The zero-order chi connectivity index (χ0) is 22.7. The molecule has 0 aliphatic carbocycles. The number of hydrogen-bond donors (Lipinski definition) is 2. The van der Waals surface area contributed by atoms with Crippen LogP contribution in [0.3, 0.4) is 0 Å². The van der Waals surface area contributed by atoms with Crippen LogP contribution in [0.15, 0.2) is 85.1 Å². The molecule has 0 saturated heterocycles. The average Bonchev–Trinajstić information content (AvgIpc) is 2.78. The molecule has 4 nitrogen and oxygen atoms in total. The predicted molar refractivity (Wildman–Crippen MR) is 133 cm³/mol. The first kappa shape index (κ1) is 24.8. The number of nitrogens with two attached hydrogens (primary N) is 1. The van der Waals surface area contributed by atoms with Gasteiger partial charge in [0.1, 0.15) is 0 Å². The number of rotatable bonds is 10. The number of hydrogen-bond acceptors (Lipinski definition) is 3. The smallest absolute Gasteiger partial charge is 0.261 e. The Morgan fingerprint density at radius 2 is 1.52 bits per heavy atom. The summed E-state index contributed by atoms with van der Waals surface area (Å²) in [5.41, 5.74) is 5.37. The Morgan fingerprint density at radius 1 is 1.00 bits per heavy atom. The minimum Gasteiger partial charge on any atom is -0.404 e. The fourth-order valence-corrected chi connectivity index (χ4v) is 8.56. The molecule has 0 spiro atoms. The number of allylic oxidation sites excluding steroid dienone is 1. The monoisotopic (exact) mass is 436 g/mol. The van der Waals surface area contributed by atoms with Crippen LogP contribution < -0.4 is 21.4 Å². The van der Waals surface area contributed by atoms with Gasteiger partial charge in [0.25, 0.3) is 8.32 Å². The normalized spacial score (nSPS) is 13.6. The van der Waals surface area contributed by atoms with Gasteiger partial charge in [-0.1, -0.05) is 99.7 Å². The molecule has 166 valence electrons. The third-order valence-electron chi connectivity index (χ3n) is 5.34. The van der Waals surface area contributed by atoms with Crippen molar-refractivity contribution >= 4 is 24.6 Å². The van der Waals surface area contributed by atoms with E-state index in [0.29, 0.717) is 6.42 Å². The summed E-state index contributed by atoms with van der Waals surface area (Å²) in [6.45, 7) is 8.85. The van der Waals surface area contributed by atoms with E-state index in [1.165, 1.54) is 10.4 Å². The highest BCUT2D eigenvalue weighted by atomic mass is 28.4. The Kier molecular flexibility index (Phi) is 9.43. The summed E-state index contributed by atoms with van der Waals surface area (Å²) in [4.78, 5) is 11.4. The molecule has 0 aliphatic heterocycles. The molecular formula is C26H36N2O2Si. The van der Waals surface area contributed by atoms with Gasteiger partial charge in [0.15, 0.2) is 0 Å². The molecule has 0 unspecified atom stereocenters. The van der Waals surface area contributed by atoms with Crippen molar-refractivity contribution in [1.82, 2.24) is 5.32 Å². The molecule has 0 bridgehead atoms. The summed E-state index contributed by atoms with van der Waals surface area (Å²) in [6, 6.07) is 21.3. The van der Waals surface area contributed by atoms with E-state index in [1.54, 1.807) is 6.20 Å². The summed E-state index contributed by atoms with van der Waals surface area (Å²) in [5, 5.41) is 5.14. The van der Waals surface area contributed by atoms with Crippen molar-refractivity contribution in [3.63, 3.8) is 0 Å². The Balaban J connectivity index is 2.49. The molecule has 0 aromatic heterocycles. The maximum absolute atomic E-state index is 11.4. The van der Waals surface area contributed by atoms with Gasteiger partial charge < -0.3 is 15.5 Å². The van der Waals surface area contributed by atoms with Crippen molar-refractivity contribution in [2.24, 2.45) is 5.73 Å². The highest BCUT2D eigenvalue weighted by molar-refractivity contribution is 6.99. The van der Waals surface area contributed by atoms with E-state index in [4.69, 9.17) is 10.2 Å². The van der Waals surface area contributed by atoms with E-state index in [9.17, 15) is 4.79 Å². The minimum atomic E-state index is -2.63. The lowest BCUT2D eigenvalue weighted by molar-refractivity contribution is -0.118. The minimum absolute atomic E-state index is 0.0199. The molecule has 0 radical (unpaired) electrons. The van der Waals surface area contributed by atoms with E-state index in [-0.39, 0.29) is 23.6 Å². The van der Waals surface area contributed by atoms with Gasteiger partial charge in [-0.25, -0.2) is 0 Å². The van der Waals surface area contributed by atoms with Gasteiger partial charge in [-0.3, -0.25) is 4.79 Å². The standard InChI is InChI=1S/C26H36N2O2Si/c1-5-6-14-22(15-13-20-28-25(29)21-27)30-31(26(2,3)4,23-16-9-7-10-17-23)24-18-11-8-12-19-24/h5-13,16-20,22H,14-15,21,27H2,1-4H3,(H,28,29)/b6-5-,20-13-/t22-/m0/s1. The lowest BCUT2D eigenvalue weighted by Gasteiger charge is -2.45. The lowest BCUT2D eigenvalue weighted by Crippen LogP contribution is -2.67. The molecule has 0 fully saturated rings. The fourth-order valence-electron chi connectivity index (χ4n) is 3.85. The number of amides is 1. The van der Waals surface area contributed by atoms with Crippen LogP contribution in [-0.2, 0) is 9.22 Å². The van der Waals surface area contributed by atoms with Crippen LogP contribution in [-0.4, -0.2) is 26.9 Å². The number of nitrogens with one attached hydrogen (secondary N) is 1. The molecule has 3 N–H and O–H groups in total. The maximum atomic E-state index is 11.4. The van der Waals surface area contributed by atoms with Crippen LogP contribution in [0.2, 0.25) is 5.04 Å². The molecule has 5 heteroatoms. The first-order valence-electron chi connectivity index (χ1n) is 10.9. The highest BCUT2D eigenvalue weighted by Gasteiger charge is 2.51. The summed E-state index contributed by atoms with van der Waals surface area (Å²) in [6.07, 6.45) is 9.31. The SMILES string of the molecule is C/C=C\C[C@@H](C/C=C\NC(=O)CN)O[Si](c1ccccc1)(c1ccccc1)C(C)(C)C. The van der Waals surface area contributed by atoms with Crippen molar-refractivity contribution in [2.45, 2.75) is 51.7 Å². The number of benzene rings is 2. The van der Waals surface area contributed by atoms with E-state index in [1.807, 2.05) is 13.0 Å². The van der Waals surface area contributed by atoms with E-state index in [0.717, 1.165) is 6.42 Å². The predicted octanol–water partition coefficient (Wildman–Crippen LogP) is 3.88. The van der Waals surface area contributed by atoms with Gasteiger partial charge >= 0.3 is 0 Å². The molecule has 0 heterocycles. The fraction of sp³-hybridized carbons (Fsp3) is 0.346. The molecule has 31 heavy (non-hydrogen) atoms. The molecule has 0 aliphatic rings. The Bertz CT molecular complexity index is 818. The van der Waals surface area contributed by atoms with Gasteiger partial charge in [0, 0.05) is 0 Å². The Hall–Kier alpha value is -2.47. The maximum Gasteiger partial charge on any atom is 0.261 e. The van der Waals surface area contributed by atoms with Crippen molar-refractivity contribution in [1.29, 1.82) is 0 Å². The first-order chi connectivity index (χ1) is 14.8. The molecule has 1 atom stereocenters. The molecule has 2 aromatic rings. The van der Waals surface area contributed by atoms with Crippen LogP contribution in [0.5, 0.6) is 0 Å². The van der Waals surface area contributed by atoms with Crippen LogP contribution in [0.4, 0.5) is 0 Å². The first-order valence-corrected chi connectivity index (χ1v) is 12.8. The Labute approximate surface area is 188 Å². The van der Waals surface area contributed by atoms with Crippen molar-refractivity contribution in [3.05, 3.63) is 85.1 Å². The topological polar surface area (TPSA) is 64.4 Å². The summed E-state index contributed by atoms with van der Waals surface area (Å²) in [7, 11) is -2.63. The van der Waals surface area contributed by atoms with Crippen molar-refractivity contribution in [2.75, 3.05) is 6.54 Å². The molecule has 2 aromatic carbocycles. The third-order valence-corrected chi connectivity index (χ3v) is 10.4. The van der Waals surface area contributed by atoms with Gasteiger partial charge in [-0.2, -0.15) is 0 Å². The van der Waals surface area contributed by atoms with E-state index >= 15 is 0 Å². The average molecular weight is 437 g/mol. The quantitative estimate of drug-likeness (QED) is 0.439. The van der Waals surface area contributed by atoms with Gasteiger partial charge in [0.05, 0.1) is 12.6 Å². The summed E-state index contributed by atoms with van der Waals surface area (Å²) >= 11 is 0. The van der Waals surface area contributed by atoms with Crippen LogP contribution in [0.25, 0.3) is 0 Å². The number of carbonyl (C=O) groups is 1. The second kappa shape index (κ2) is 11.8. The van der Waals surface area contributed by atoms with Gasteiger partial charge in [0.2, 0.25) is 5.91 Å². The van der Waals surface area contributed by atoms with Crippen LogP contribution in [0.1, 0.15) is 40.5 Å². The van der Waals surface area contributed by atoms with E-state index in [2.05, 4.69) is 98.9 Å². The molecule has 2 rings (SSSR count). The van der Waals surface area contributed by atoms with Gasteiger partial charge in [-0.05, 0) is 41.4 Å². The van der Waals surface area contributed by atoms with Crippen LogP contribution >= 0.6 is 0 Å². The Morgan fingerprint density at radius 3 is 1.97 bits per heavy atom. The second-order valence-corrected chi connectivity index (χ2v) is 12.9. The molecular weight excluding hydrogens is 400 g/mol. The van der Waals surface area contributed by atoms with E-state index < -0.39 is 8.32 Å². The van der Waals surface area contributed by atoms with Crippen molar-refractivity contribution in [3.8, 4) is 0 Å². The molecule has 1 amide bonds. The third kappa shape index (κ3) is 6.50. The molecule has 0 saturated carbocycles. The van der Waals surface area contributed by atoms with Crippen LogP contribution in [0, 0.1) is 0 Å². The second-order valence-electron chi connectivity index (χ2n) is 8.62. The highest BCUT2D eigenvalue weighted by Crippen LogP contribution is 2.38. The largest absolute Gasteiger partial charge is 0.404 e. The zero-order valence-corrected chi connectivity index (χ0v) is 20.2. The zero-order valence-electron chi connectivity index (χ0n) is 19.2. The summed E-state index contributed by atoms with van der Waals surface area (Å²) in [5.74, 6) is -0.200. The van der Waals surface area contributed by atoms with Crippen molar-refractivity contribution < 1.29 is 9.22 Å².